The maximum absolute atomic E-state index is 13.1. The van der Waals surface area contributed by atoms with E-state index in [-0.39, 0.29) is 41.5 Å². The van der Waals surface area contributed by atoms with E-state index in [2.05, 4.69) is 4.74 Å². The van der Waals surface area contributed by atoms with Crippen molar-refractivity contribution >= 4 is 29.8 Å². The zero-order valence-electron chi connectivity index (χ0n) is 27.7. The second kappa shape index (κ2) is 18.5. The maximum atomic E-state index is 13.1. The van der Waals surface area contributed by atoms with Gasteiger partial charge in [-0.15, -0.1) is 0 Å². The average molecular weight is 695 g/mol. The van der Waals surface area contributed by atoms with Gasteiger partial charge in [0.1, 0.15) is 41.5 Å². The molecule has 0 aromatic heterocycles. The molecule has 0 saturated heterocycles. The topological polar surface area (TPSA) is 253 Å². The molecule has 0 unspecified atom stereocenters. The third-order valence-electron chi connectivity index (χ3n) is 6.85. The summed E-state index contributed by atoms with van der Waals surface area (Å²) >= 11 is 0. The van der Waals surface area contributed by atoms with E-state index in [4.69, 9.17) is 24.1 Å². The molecule has 0 aliphatic heterocycles. The maximum Gasteiger partial charge on any atom is 0.342 e. The number of hydrogen-bond donors (Lipinski definition) is 6. The van der Waals surface area contributed by atoms with Crippen molar-refractivity contribution in [3.05, 3.63) is 46.5 Å². The number of ether oxygens (including phenoxy) is 5. The summed E-state index contributed by atoms with van der Waals surface area (Å²) in [5.74, 6) is -6.39. The van der Waals surface area contributed by atoms with Gasteiger partial charge < -0.3 is 54.3 Å². The Morgan fingerprint density at radius 1 is 0.612 bits per heavy atom. The molecule has 2 rings (SSSR count). The summed E-state index contributed by atoms with van der Waals surface area (Å²) in [7, 11) is 1.18. The summed E-state index contributed by atoms with van der Waals surface area (Å²) in [6.07, 6.45) is -6.47. The molecule has 0 heterocycles. The fourth-order valence-electron chi connectivity index (χ4n) is 4.67. The van der Waals surface area contributed by atoms with E-state index in [1.165, 1.54) is 34.8 Å². The number of rotatable bonds is 17. The fraction of sp³-hybridized carbons (Fsp3) is 0.485. The van der Waals surface area contributed by atoms with Crippen molar-refractivity contribution in [2.24, 2.45) is 0 Å². The van der Waals surface area contributed by atoms with Crippen LogP contribution in [0, 0.1) is 0 Å². The van der Waals surface area contributed by atoms with E-state index in [0.717, 1.165) is 24.3 Å². The van der Waals surface area contributed by atoms with Crippen LogP contribution in [0.2, 0.25) is 0 Å². The minimum Gasteiger partial charge on any atom is -0.508 e. The monoisotopic (exact) mass is 694 g/mol. The highest BCUT2D eigenvalue weighted by molar-refractivity contribution is 5.95. The molecule has 270 valence electrons. The number of aromatic hydroxyl groups is 4. The number of methoxy groups -OCH3 is 1. The molecule has 0 saturated carbocycles. The van der Waals surface area contributed by atoms with Gasteiger partial charge in [-0.1, -0.05) is 0 Å². The summed E-state index contributed by atoms with van der Waals surface area (Å²) in [4.78, 5) is 62.0. The van der Waals surface area contributed by atoms with Gasteiger partial charge in [-0.2, -0.15) is 0 Å². The predicted octanol–water partition coefficient (Wildman–Crippen LogP) is 1.94. The Morgan fingerprint density at radius 2 is 1.12 bits per heavy atom. The molecule has 16 nitrogen and oxygen atoms in total. The summed E-state index contributed by atoms with van der Waals surface area (Å²) in [6.45, 7) is 5.16. The quantitative estimate of drug-likeness (QED) is 0.0786. The number of aliphatic hydroxyl groups is 2. The second-order valence-corrected chi connectivity index (χ2v) is 11.5. The largest absolute Gasteiger partial charge is 0.508 e. The molecule has 0 bridgehead atoms. The number of esters is 5. The van der Waals surface area contributed by atoms with E-state index >= 15 is 0 Å². The van der Waals surface area contributed by atoms with Gasteiger partial charge in [-0.05, 0) is 57.0 Å². The summed E-state index contributed by atoms with van der Waals surface area (Å²) < 4.78 is 25.7. The van der Waals surface area contributed by atoms with Crippen molar-refractivity contribution in [1.82, 2.24) is 0 Å². The van der Waals surface area contributed by atoms with E-state index in [9.17, 15) is 49.5 Å². The Balaban J connectivity index is 2.06. The molecular weight excluding hydrogens is 652 g/mol. The molecule has 5 atom stereocenters. The summed E-state index contributed by atoms with van der Waals surface area (Å²) in [5.41, 5.74) is -0.282. The van der Waals surface area contributed by atoms with Gasteiger partial charge in [0.05, 0.1) is 44.6 Å². The fourth-order valence-corrected chi connectivity index (χ4v) is 4.67. The van der Waals surface area contributed by atoms with Crippen LogP contribution in [-0.4, -0.2) is 105 Å². The van der Waals surface area contributed by atoms with E-state index in [1.807, 2.05) is 0 Å². The molecule has 2 aromatic rings. The first kappa shape index (κ1) is 40.1. The highest BCUT2D eigenvalue weighted by atomic mass is 16.6. The summed E-state index contributed by atoms with van der Waals surface area (Å²) in [5, 5.41) is 58.7. The highest BCUT2D eigenvalue weighted by Crippen LogP contribution is 2.31. The molecule has 0 aliphatic carbocycles. The van der Waals surface area contributed by atoms with E-state index in [0.29, 0.717) is 0 Å². The molecular formula is C33H42O16. The zero-order chi connectivity index (χ0) is 37.0. The predicted molar refractivity (Wildman–Crippen MR) is 167 cm³/mol. The van der Waals surface area contributed by atoms with Gasteiger partial charge in [0.2, 0.25) is 0 Å². The molecule has 16 heteroatoms. The van der Waals surface area contributed by atoms with Crippen LogP contribution in [-0.2, 0) is 50.9 Å². The molecule has 49 heavy (non-hydrogen) atoms. The third kappa shape index (κ3) is 12.8. The molecule has 0 aliphatic rings. The lowest BCUT2D eigenvalue weighted by molar-refractivity contribution is -0.151. The Morgan fingerprint density at radius 3 is 1.69 bits per heavy atom. The lowest BCUT2D eigenvalue weighted by Gasteiger charge is -2.20. The Labute approximate surface area is 281 Å². The lowest BCUT2D eigenvalue weighted by atomic mass is 10.00. The van der Waals surface area contributed by atoms with Crippen LogP contribution < -0.4 is 0 Å². The SMILES string of the molecule is COC(=O)C[C@@H](C)OC(=O)c1cc(O)c(O)cc1C[C@@H](C)OC(=O)C[C@@H](C)OC(=O)c1c(O)cc(O)cc1C[C@@H](C)OC(=O)C[C@H](O)CO. The number of phenolic OH excluding ortho intramolecular Hbond substituents is 4. The number of aliphatic hydroxyl groups excluding tert-OH is 2. The van der Waals surface area contributed by atoms with Gasteiger partial charge in [-0.3, -0.25) is 14.4 Å². The van der Waals surface area contributed by atoms with Crippen molar-refractivity contribution < 1.29 is 78.3 Å². The van der Waals surface area contributed by atoms with Gasteiger partial charge in [-0.25, -0.2) is 9.59 Å². The smallest absolute Gasteiger partial charge is 0.342 e. The van der Waals surface area contributed by atoms with Crippen molar-refractivity contribution in [3.8, 4) is 23.0 Å². The minimum absolute atomic E-state index is 0.0556. The van der Waals surface area contributed by atoms with Crippen LogP contribution in [0.15, 0.2) is 24.3 Å². The van der Waals surface area contributed by atoms with Crippen LogP contribution >= 0.6 is 0 Å². The average Bonchev–Trinajstić information content (AvgIpc) is 2.97. The number of carbonyl (C=O) groups excluding carboxylic acids is 5. The first-order chi connectivity index (χ1) is 22.9. The first-order valence-corrected chi connectivity index (χ1v) is 15.2. The molecule has 2 aromatic carbocycles. The Bertz CT molecular complexity index is 1500. The lowest BCUT2D eigenvalue weighted by Crippen LogP contribution is -2.26. The highest BCUT2D eigenvalue weighted by Gasteiger charge is 2.26. The number of carbonyl (C=O) groups is 5. The van der Waals surface area contributed by atoms with E-state index < -0.39 is 103 Å². The number of phenols is 4. The molecule has 0 fully saturated rings. The van der Waals surface area contributed by atoms with Gasteiger partial charge in [0, 0.05) is 18.9 Å². The van der Waals surface area contributed by atoms with Crippen LogP contribution in [0.5, 0.6) is 23.0 Å². The number of hydrogen-bond acceptors (Lipinski definition) is 16. The molecule has 6 N–H and O–H groups in total. The van der Waals surface area contributed by atoms with Crippen LogP contribution in [0.3, 0.4) is 0 Å². The first-order valence-electron chi connectivity index (χ1n) is 15.2. The summed E-state index contributed by atoms with van der Waals surface area (Å²) in [6, 6.07) is 4.15. The second-order valence-electron chi connectivity index (χ2n) is 11.5. The van der Waals surface area contributed by atoms with Crippen molar-refractivity contribution in [2.45, 2.75) is 90.3 Å². The molecule has 0 radical (unpaired) electrons. The Hall–Kier alpha value is -5.09. The third-order valence-corrected chi connectivity index (χ3v) is 6.85. The van der Waals surface area contributed by atoms with Gasteiger partial charge in [0.25, 0.3) is 0 Å². The van der Waals surface area contributed by atoms with Crippen LogP contribution in [0.1, 0.15) is 78.8 Å². The number of benzene rings is 2. The van der Waals surface area contributed by atoms with Crippen LogP contribution in [0.25, 0.3) is 0 Å². The minimum atomic E-state index is -1.32. The van der Waals surface area contributed by atoms with Gasteiger partial charge >= 0.3 is 29.8 Å². The Kier molecular flexibility index (Phi) is 15.1. The molecule has 0 spiro atoms. The van der Waals surface area contributed by atoms with Crippen molar-refractivity contribution in [2.75, 3.05) is 13.7 Å². The molecule has 0 amide bonds. The normalized spacial score (nSPS) is 14.0. The van der Waals surface area contributed by atoms with Crippen molar-refractivity contribution in [1.29, 1.82) is 0 Å². The zero-order valence-corrected chi connectivity index (χ0v) is 27.7. The van der Waals surface area contributed by atoms with E-state index in [1.54, 1.807) is 0 Å². The standard InChI is InChI=1S/C33H42O16/c1-16(6-20-11-25(37)26(38)14-24(20)32(43)48-18(3)8-28(40)45-5)46-29(41)9-19(4)49-33(44)31-21(10-22(35)12-27(31)39)7-17(2)47-30(42)13-23(36)15-34/h10-12,14,16-19,23,34-39H,6-9,13,15H2,1-5H3/t16-,17-,18-,19-,23+/m1/s1. The van der Waals surface area contributed by atoms with Gasteiger partial charge in [0.15, 0.2) is 11.5 Å². The van der Waals surface area contributed by atoms with Crippen LogP contribution in [0.4, 0.5) is 0 Å². The van der Waals surface area contributed by atoms with Crippen molar-refractivity contribution in [3.63, 3.8) is 0 Å².